The number of amides is 1. The zero-order valence-corrected chi connectivity index (χ0v) is 21.1. The van der Waals surface area contributed by atoms with Gasteiger partial charge in [-0.3, -0.25) is 9.78 Å². The third kappa shape index (κ3) is 5.54. The summed E-state index contributed by atoms with van der Waals surface area (Å²) in [6, 6.07) is 12.8. The lowest BCUT2D eigenvalue weighted by Crippen LogP contribution is -2.23. The first-order valence-corrected chi connectivity index (χ1v) is 12.3. The summed E-state index contributed by atoms with van der Waals surface area (Å²) in [4.78, 5) is 29.6. The van der Waals surface area contributed by atoms with Crippen molar-refractivity contribution in [1.82, 2.24) is 10.3 Å². The number of nitrogens with one attached hydrogen (secondary N) is 1. The summed E-state index contributed by atoms with van der Waals surface area (Å²) in [6.07, 6.45) is 5.85. The van der Waals surface area contributed by atoms with Crippen LogP contribution in [-0.2, 0) is 16.1 Å². The van der Waals surface area contributed by atoms with Crippen molar-refractivity contribution in [3.8, 4) is 11.1 Å². The van der Waals surface area contributed by atoms with E-state index in [1.807, 2.05) is 25.1 Å². The van der Waals surface area contributed by atoms with E-state index >= 15 is 0 Å². The van der Waals surface area contributed by atoms with Gasteiger partial charge < -0.3 is 10.1 Å². The molecule has 0 spiro atoms. The molecule has 2 atom stereocenters. The maximum Gasteiger partial charge on any atom is 0.334 e. The Hall–Kier alpha value is -3.80. The second-order valence-electron chi connectivity index (χ2n) is 9.43. The zero-order valence-electron chi connectivity index (χ0n) is 21.1. The number of fused-ring (bicyclic) bond motifs is 1. The molecule has 0 saturated carbocycles. The van der Waals surface area contributed by atoms with Gasteiger partial charge in [0.1, 0.15) is 5.82 Å². The number of carbonyl (C=O) groups is 2. The van der Waals surface area contributed by atoms with Gasteiger partial charge in [0.05, 0.1) is 12.2 Å². The van der Waals surface area contributed by atoms with Crippen LogP contribution in [0.4, 0.5) is 4.39 Å². The summed E-state index contributed by atoms with van der Waals surface area (Å²) >= 11 is 0. The predicted octanol–water partition coefficient (Wildman–Crippen LogP) is 6.22. The lowest BCUT2D eigenvalue weighted by molar-refractivity contribution is -0.138. The fourth-order valence-electron chi connectivity index (χ4n) is 4.56. The molecule has 0 fully saturated rings. The average molecular weight is 487 g/mol. The van der Waals surface area contributed by atoms with Crippen LogP contribution in [-0.4, -0.2) is 23.5 Å². The highest BCUT2D eigenvalue weighted by Crippen LogP contribution is 2.38. The number of hydrogen-bond donors (Lipinski definition) is 1. The second kappa shape index (κ2) is 10.9. The van der Waals surface area contributed by atoms with E-state index in [9.17, 15) is 14.0 Å². The van der Waals surface area contributed by atoms with Crippen LogP contribution in [0.3, 0.4) is 0 Å². The van der Waals surface area contributed by atoms with E-state index in [1.54, 1.807) is 31.3 Å². The molecule has 0 bridgehead atoms. The zero-order chi connectivity index (χ0) is 25.8. The number of carbonyl (C=O) groups excluding carboxylic acids is 2. The van der Waals surface area contributed by atoms with E-state index in [2.05, 4.69) is 30.2 Å². The van der Waals surface area contributed by atoms with Crippen LogP contribution < -0.4 is 5.32 Å². The highest BCUT2D eigenvalue weighted by Gasteiger charge is 2.25. The van der Waals surface area contributed by atoms with Gasteiger partial charge in [-0.25, -0.2) is 9.18 Å². The Morgan fingerprint density at radius 1 is 1.08 bits per heavy atom. The predicted molar refractivity (Wildman–Crippen MR) is 139 cm³/mol. The molecule has 0 radical (unpaired) electrons. The first-order chi connectivity index (χ1) is 17.3. The van der Waals surface area contributed by atoms with Gasteiger partial charge in [-0.05, 0) is 84.2 Å². The summed E-state index contributed by atoms with van der Waals surface area (Å²) in [7, 11) is 0. The summed E-state index contributed by atoms with van der Waals surface area (Å²) in [5.41, 5.74) is 6.35. The summed E-state index contributed by atoms with van der Waals surface area (Å²) in [5.74, 6) is -0.218. The number of rotatable bonds is 6. The quantitative estimate of drug-likeness (QED) is 0.420. The number of aryl methyl sites for hydroxylation is 1. The number of esters is 1. The minimum atomic E-state index is -0.272. The van der Waals surface area contributed by atoms with Gasteiger partial charge >= 0.3 is 5.97 Å². The Morgan fingerprint density at radius 3 is 2.64 bits per heavy atom. The second-order valence-corrected chi connectivity index (χ2v) is 9.43. The SMILES string of the molecule is CCOC(=O)C1=Cc2cc(-c3cncc(C(=O)NCc4ccc(F)c(C)c4)c3)ccc2C(C)C(C)C1. The standard InChI is InChI=1S/C30H31FN2O3/c1-5-36-30(35)24-11-18(2)20(4)27-8-7-22(12-23(27)13-24)25-14-26(17-32-16-25)29(34)33-15-21-6-9-28(31)19(3)10-21/h6-10,12-14,16-18,20H,5,11,15H2,1-4H3,(H,33,34). The normalized spacial score (nSPS) is 17.0. The highest BCUT2D eigenvalue weighted by atomic mass is 19.1. The molecule has 1 amide bonds. The van der Waals surface area contributed by atoms with Gasteiger partial charge in [0, 0.05) is 30.1 Å². The van der Waals surface area contributed by atoms with Crippen LogP contribution in [0.1, 0.15) is 65.7 Å². The number of pyridine rings is 1. The fraction of sp³-hybridized carbons (Fsp3) is 0.300. The molecule has 186 valence electrons. The van der Waals surface area contributed by atoms with E-state index in [0.29, 0.717) is 42.2 Å². The average Bonchev–Trinajstić information content (AvgIpc) is 3.00. The first-order valence-electron chi connectivity index (χ1n) is 12.3. The van der Waals surface area contributed by atoms with E-state index in [-0.39, 0.29) is 23.6 Å². The Kier molecular flexibility index (Phi) is 7.63. The molecule has 1 aliphatic carbocycles. The van der Waals surface area contributed by atoms with Crippen molar-refractivity contribution in [3.63, 3.8) is 0 Å². The molecule has 6 heteroatoms. The van der Waals surface area contributed by atoms with Gasteiger partial charge in [-0.2, -0.15) is 0 Å². The molecule has 5 nitrogen and oxygen atoms in total. The van der Waals surface area contributed by atoms with Crippen molar-refractivity contribution in [2.45, 2.75) is 46.6 Å². The molecule has 1 N–H and O–H groups in total. The number of hydrogen-bond acceptors (Lipinski definition) is 4. The number of ether oxygens (including phenoxy) is 1. The van der Waals surface area contributed by atoms with Crippen LogP contribution in [0.25, 0.3) is 17.2 Å². The minimum Gasteiger partial charge on any atom is -0.463 e. The Balaban J connectivity index is 1.59. The maximum absolute atomic E-state index is 13.5. The highest BCUT2D eigenvalue weighted by molar-refractivity contribution is 5.96. The van der Waals surface area contributed by atoms with Crippen LogP contribution in [0.15, 0.2) is 60.4 Å². The van der Waals surface area contributed by atoms with Gasteiger partial charge in [0.25, 0.3) is 5.91 Å². The van der Waals surface area contributed by atoms with E-state index < -0.39 is 0 Å². The Labute approximate surface area is 211 Å². The van der Waals surface area contributed by atoms with Crippen LogP contribution >= 0.6 is 0 Å². The summed E-state index contributed by atoms with van der Waals surface area (Å²) in [6.45, 7) is 8.47. The number of benzene rings is 2. The maximum atomic E-state index is 13.5. The van der Waals surface area contributed by atoms with Crippen LogP contribution in [0.2, 0.25) is 0 Å². The molecule has 4 rings (SSSR count). The first kappa shape index (κ1) is 25.3. The van der Waals surface area contributed by atoms with E-state index in [1.165, 1.54) is 17.8 Å². The molecule has 1 aliphatic rings. The van der Waals surface area contributed by atoms with E-state index in [0.717, 1.165) is 22.3 Å². The molecular formula is C30H31FN2O3. The monoisotopic (exact) mass is 486 g/mol. The van der Waals surface area contributed by atoms with Crippen molar-refractivity contribution in [3.05, 3.63) is 94.1 Å². The van der Waals surface area contributed by atoms with Gasteiger partial charge in [0.15, 0.2) is 0 Å². The molecule has 0 aliphatic heterocycles. The largest absolute Gasteiger partial charge is 0.463 e. The summed E-state index contributed by atoms with van der Waals surface area (Å²) in [5, 5.41) is 2.88. The third-order valence-electron chi connectivity index (χ3n) is 6.85. The molecule has 2 unspecified atom stereocenters. The molecule has 1 heterocycles. The number of nitrogens with zero attached hydrogens (tertiary/aromatic N) is 1. The van der Waals surface area contributed by atoms with Crippen molar-refractivity contribution in [2.24, 2.45) is 5.92 Å². The summed E-state index contributed by atoms with van der Waals surface area (Å²) < 4.78 is 18.8. The Morgan fingerprint density at radius 2 is 1.89 bits per heavy atom. The van der Waals surface area contributed by atoms with Crippen molar-refractivity contribution in [1.29, 1.82) is 0 Å². The molecule has 1 aromatic heterocycles. The lowest BCUT2D eigenvalue weighted by Gasteiger charge is -2.20. The Bertz CT molecular complexity index is 1330. The molecule has 0 saturated heterocycles. The van der Waals surface area contributed by atoms with Crippen LogP contribution in [0.5, 0.6) is 0 Å². The lowest BCUT2D eigenvalue weighted by atomic mass is 9.85. The van der Waals surface area contributed by atoms with Crippen molar-refractivity contribution >= 4 is 18.0 Å². The molecular weight excluding hydrogens is 455 g/mol. The van der Waals surface area contributed by atoms with E-state index in [4.69, 9.17) is 4.74 Å². The van der Waals surface area contributed by atoms with Gasteiger partial charge in [-0.1, -0.05) is 38.1 Å². The smallest absolute Gasteiger partial charge is 0.334 e. The molecule has 2 aromatic carbocycles. The molecule has 36 heavy (non-hydrogen) atoms. The minimum absolute atomic E-state index is 0.256. The number of aromatic nitrogens is 1. The van der Waals surface area contributed by atoms with Gasteiger partial charge in [-0.15, -0.1) is 0 Å². The molecule has 3 aromatic rings. The number of halogens is 1. The fourth-order valence-corrected chi connectivity index (χ4v) is 4.56. The van der Waals surface area contributed by atoms with Gasteiger partial charge in [0.2, 0.25) is 0 Å². The van der Waals surface area contributed by atoms with Crippen molar-refractivity contribution in [2.75, 3.05) is 6.61 Å². The van der Waals surface area contributed by atoms with Crippen molar-refractivity contribution < 1.29 is 18.7 Å². The third-order valence-corrected chi connectivity index (χ3v) is 6.85. The topological polar surface area (TPSA) is 68.3 Å². The van der Waals surface area contributed by atoms with Crippen LogP contribution in [0, 0.1) is 18.7 Å².